The lowest BCUT2D eigenvalue weighted by atomic mass is 10.0. The first-order chi connectivity index (χ1) is 4.89. The fourth-order valence-electron chi connectivity index (χ4n) is 0.610. The van der Waals surface area contributed by atoms with Crippen LogP contribution in [0.5, 0.6) is 0 Å². The van der Waals surface area contributed by atoms with E-state index in [9.17, 15) is 18.0 Å². The molecule has 0 aliphatic heterocycles. The minimum atomic E-state index is -4.64. The van der Waals surface area contributed by atoms with Crippen LogP contribution in [0.3, 0.4) is 0 Å². The molecule has 0 aromatic carbocycles. The maximum Gasteiger partial charge on any atom is 0.402 e. The Morgan fingerprint density at radius 3 is 2.18 bits per heavy atom. The third-order valence-electron chi connectivity index (χ3n) is 1.16. The predicted molar refractivity (Wildman–Crippen MR) is 31.8 cm³/mol. The molecule has 0 saturated carbocycles. The van der Waals surface area contributed by atoms with Crippen molar-refractivity contribution in [3.8, 4) is 0 Å². The van der Waals surface area contributed by atoms with Crippen molar-refractivity contribution in [3.05, 3.63) is 6.42 Å². The van der Waals surface area contributed by atoms with Gasteiger partial charge in [0.1, 0.15) is 0 Å². The second kappa shape index (κ2) is 3.59. The molecule has 0 amide bonds. The number of carbonyl (C=O) groups is 1. The zero-order valence-electron chi connectivity index (χ0n) is 5.85. The molecule has 0 heterocycles. The molecule has 11 heavy (non-hydrogen) atoms. The normalized spacial score (nSPS) is 14.5. The van der Waals surface area contributed by atoms with Gasteiger partial charge in [0.2, 0.25) is 0 Å². The molecule has 0 aromatic rings. The lowest BCUT2D eigenvalue weighted by Gasteiger charge is -2.14. The summed E-state index contributed by atoms with van der Waals surface area (Å²) in [5.74, 6) is -4.08. The second-order valence-electron chi connectivity index (χ2n) is 2.08. The van der Waals surface area contributed by atoms with Crippen molar-refractivity contribution >= 4 is 5.97 Å². The highest BCUT2D eigenvalue weighted by Gasteiger charge is 2.44. The average molecular weight is 169 g/mol. The van der Waals surface area contributed by atoms with Crippen molar-refractivity contribution in [1.29, 1.82) is 0 Å². The van der Waals surface area contributed by atoms with Gasteiger partial charge < -0.3 is 5.11 Å². The van der Waals surface area contributed by atoms with Gasteiger partial charge in [0, 0.05) is 0 Å². The van der Waals surface area contributed by atoms with Crippen LogP contribution in [0.4, 0.5) is 13.2 Å². The number of carboxylic acid groups (broad SMARTS) is 1. The number of alkyl halides is 3. The van der Waals surface area contributed by atoms with Gasteiger partial charge in [-0.05, 0) is 12.8 Å². The number of rotatable bonds is 3. The third-order valence-corrected chi connectivity index (χ3v) is 1.16. The third kappa shape index (κ3) is 3.25. The molecular formula is C6H8F3O2. The number of carboxylic acids is 1. The molecule has 2 nitrogen and oxygen atoms in total. The first kappa shape index (κ1) is 10.3. The van der Waals surface area contributed by atoms with Crippen LogP contribution in [-0.2, 0) is 4.79 Å². The Balaban J connectivity index is 4.22. The van der Waals surface area contributed by atoms with E-state index in [-0.39, 0.29) is 0 Å². The Morgan fingerprint density at radius 1 is 1.64 bits per heavy atom. The minimum absolute atomic E-state index is 0.473. The standard InChI is InChI=1S/C6H8F3O2/c1-2-3-4(5(10)11)6(7,8)9/h2,4H,3H2,1H3,(H,10,11). The zero-order chi connectivity index (χ0) is 9.07. The van der Waals surface area contributed by atoms with E-state index >= 15 is 0 Å². The maximum absolute atomic E-state index is 11.8. The van der Waals surface area contributed by atoms with Crippen LogP contribution in [0.15, 0.2) is 0 Å². The molecule has 1 radical (unpaired) electrons. The van der Waals surface area contributed by atoms with Crippen molar-refractivity contribution < 1.29 is 23.1 Å². The summed E-state index contributed by atoms with van der Waals surface area (Å²) in [4.78, 5) is 10.00. The second-order valence-corrected chi connectivity index (χ2v) is 2.08. The number of hydrogen-bond acceptors (Lipinski definition) is 1. The van der Waals surface area contributed by atoms with Crippen LogP contribution in [0.1, 0.15) is 13.3 Å². The van der Waals surface area contributed by atoms with E-state index in [0.717, 1.165) is 0 Å². The number of aliphatic carboxylic acids is 1. The molecule has 0 bridgehead atoms. The van der Waals surface area contributed by atoms with Gasteiger partial charge >= 0.3 is 12.1 Å². The fraction of sp³-hybridized carbons (Fsp3) is 0.667. The Bertz CT molecular complexity index is 141. The summed E-state index contributed by atoms with van der Waals surface area (Å²) >= 11 is 0. The van der Waals surface area contributed by atoms with E-state index in [4.69, 9.17) is 5.11 Å². The lowest BCUT2D eigenvalue weighted by Crippen LogP contribution is -2.30. The highest BCUT2D eigenvalue weighted by atomic mass is 19.4. The molecule has 1 unspecified atom stereocenters. The molecule has 0 fully saturated rings. The average Bonchev–Trinajstić information content (AvgIpc) is 1.79. The van der Waals surface area contributed by atoms with Crippen LogP contribution in [0, 0.1) is 12.3 Å². The zero-order valence-corrected chi connectivity index (χ0v) is 5.85. The Kier molecular flexibility index (Phi) is 3.35. The lowest BCUT2D eigenvalue weighted by molar-refractivity contribution is -0.193. The molecule has 1 N–H and O–H groups in total. The number of hydrogen-bond donors (Lipinski definition) is 1. The van der Waals surface area contributed by atoms with Gasteiger partial charge in [-0.1, -0.05) is 6.92 Å². The Morgan fingerprint density at radius 2 is 2.09 bits per heavy atom. The van der Waals surface area contributed by atoms with Crippen LogP contribution in [0.25, 0.3) is 0 Å². The SMILES string of the molecule is C[CH]CC(C(=O)O)C(F)(F)F. The summed E-state index contributed by atoms with van der Waals surface area (Å²) in [6.45, 7) is 1.39. The highest BCUT2D eigenvalue weighted by Crippen LogP contribution is 2.29. The molecule has 0 aliphatic carbocycles. The van der Waals surface area contributed by atoms with E-state index in [1.165, 1.54) is 13.3 Å². The first-order valence-electron chi connectivity index (χ1n) is 2.97. The molecule has 0 saturated heterocycles. The van der Waals surface area contributed by atoms with Crippen LogP contribution >= 0.6 is 0 Å². The van der Waals surface area contributed by atoms with Crippen molar-refractivity contribution in [3.63, 3.8) is 0 Å². The van der Waals surface area contributed by atoms with Crippen LogP contribution in [0.2, 0.25) is 0 Å². The number of halogens is 3. The van der Waals surface area contributed by atoms with Crippen LogP contribution < -0.4 is 0 Å². The monoisotopic (exact) mass is 169 g/mol. The molecule has 0 aliphatic rings. The quantitative estimate of drug-likeness (QED) is 0.700. The van der Waals surface area contributed by atoms with E-state index in [1.807, 2.05) is 0 Å². The van der Waals surface area contributed by atoms with E-state index in [0.29, 0.717) is 0 Å². The molecule has 0 aromatic heterocycles. The summed E-state index contributed by atoms with van der Waals surface area (Å²) in [6, 6.07) is 0. The van der Waals surface area contributed by atoms with Crippen molar-refractivity contribution in [2.45, 2.75) is 19.5 Å². The van der Waals surface area contributed by atoms with Gasteiger partial charge in [0.05, 0.1) is 0 Å². The molecule has 0 spiro atoms. The predicted octanol–water partition coefficient (Wildman–Crippen LogP) is 1.86. The van der Waals surface area contributed by atoms with Crippen molar-refractivity contribution in [2.24, 2.45) is 5.92 Å². The molecule has 1 atom stereocenters. The minimum Gasteiger partial charge on any atom is -0.481 e. The van der Waals surface area contributed by atoms with Gasteiger partial charge in [0.25, 0.3) is 0 Å². The van der Waals surface area contributed by atoms with Crippen molar-refractivity contribution in [2.75, 3.05) is 0 Å². The summed E-state index contributed by atoms with van der Waals surface area (Å²) in [6.07, 6.45) is -3.93. The maximum atomic E-state index is 11.8. The Labute approximate surface area is 62.0 Å². The van der Waals surface area contributed by atoms with Crippen LogP contribution in [-0.4, -0.2) is 17.3 Å². The van der Waals surface area contributed by atoms with Gasteiger partial charge in [-0.15, -0.1) is 0 Å². The van der Waals surface area contributed by atoms with E-state index < -0.39 is 24.5 Å². The smallest absolute Gasteiger partial charge is 0.402 e. The molecule has 65 valence electrons. The molecule has 0 rings (SSSR count). The molecule has 5 heteroatoms. The topological polar surface area (TPSA) is 37.3 Å². The molecular weight excluding hydrogens is 161 g/mol. The largest absolute Gasteiger partial charge is 0.481 e. The van der Waals surface area contributed by atoms with Gasteiger partial charge in [-0.2, -0.15) is 13.2 Å². The van der Waals surface area contributed by atoms with Gasteiger partial charge in [0.15, 0.2) is 5.92 Å². The van der Waals surface area contributed by atoms with Gasteiger partial charge in [-0.3, -0.25) is 4.79 Å². The highest BCUT2D eigenvalue weighted by molar-refractivity contribution is 5.71. The fourth-order valence-corrected chi connectivity index (χ4v) is 0.610. The first-order valence-corrected chi connectivity index (χ1v) is 2.97. The Hall–Kier alpha value is -0.740. The summed E-state index contributed by atoms with van der Waals surface area (Å²) in [5.41, 5.74) is 0. The van der Waals surface area contributed by atoms with E-state index in [2.05, 4.69) is 0 Å². The van der Waals surface area contributed by atoms with E-state index in [1.54, 1.807) is 0 Å². The summed E-state index contributed by atoms with van der Waals surface area (Å²) in [7, 11) is 0. The van der Waals surface area contributed by atoms with Crippen molar-refractivity contribution in [1.82, 2.24) is 0 Å². The van der Waals surface area contributed by atoms with Gasteiger partial charge in [-0.25, -0.2) is 0 Å². The summed E-state index contributed by atoms with van der Waals surface area (Å²) < 4.78 is 35.3. The summed E-state index contributed by atoms with van der Waals surface area (Å²) in [5, 5.41) is 8.10.